The molecule has 0 fully saturated rings. The Balaban J connectivity index is 1.98. The molecule has 0 aliphatic carbocycles. The van der Waals surface area contributed by atoms with E-state index in [4.69, 9.17) is 13.9 Å². The maximum Gasteiger partial charge on any atom is 0.235 e. The van der Waals surface area contributed by atoms with E-state index in [0.717, 1.165) is 11.1 Å². The molecule has 0 saturated carbocycles. The van der Waals surface area contributed by atoms with Gasteiger partial charge in [-0.1, -0.05) is 32.9 Å². The van der Waals surface area contributed by atoms with Crippen molar-refractivity contribution in [2.45, 2.75) is 33.1 Å². The largest absolute Gasteiger partial charge is 0.546 e. The van der Waals surface area contributed by atoms with Gasteiger partial charge in [0.25, 0.3) is 0 Å². The third-order valence-electron chi connectivity index (χ3n) is 4.24. The van der Waals surface area contributed by atoms with Crippen molar-refractivity contribution in [2.75, 3.05) is 6.61 Å². The average Bonchev–Trinajstić information content (AvgIpc) is 2.61. The quantitative estimate of drug-likeness (QED) is 0.674. The number of hydrogen-bond acceptors (Lipinski definition) is 6. The molecule has 3 rings (SSSR count). The van der Waals surface area contributed by atoms with Gasteiger partial charge in [0.15, 0.2) is 0 Å². The maximum absolute atomic E-state index is 12.8. The van der Waals surface area contributed by atoms with Crippen LogP contribution < -0.4 is 20.0 Å². The van der Waals surface area contributed by atoms with Crippen molar-refractivity contribution in [3.8, 4) is 17.2 Å². The van der Waals surface area contributed by atoms with Gasteiger partial charge in [0.1, 0.15) is 30.0 Å². The minimum atomic E-state index is -1.34. The molecule has 1 aromatic heterocycles. The number of rotatable bonds is 5. The third-order valence-corrected chi connectivity index (χ3v) is 4.24. The minimum Gasteiger partial charge on any atom is -0.546 e. The lowest BCUT2D eigenvalue weighted by molar-refractivity contribution is -0.307. The van der Waals surface area contributed by atoms with E-state index in [1.54, 1.807) is 0 Å². The fourth-order valence-corrected chi connectivity index (χ4v) is 2.85. The fourth-order valence-electron chi connectivity index (χ4n) is 2.85. The zero-order valence-corrected chi connectivity index (χ0v) is 16.2. The Bertz CT molecular complexity index is 1090. The molecule has 0 unspecified atom stereocenters. The minimum absolute atomic E-state index is 0.0759. The summed E-state index contributed by atoms with van der Waals surface area (Å²) in [6.45, 7) is 7.58. The van der Waals surface area contributed by atoms with Crippen LogP contribution in [0.1, 0.15) is 31.9 Å². The monoisotopic (exact) mass is 381 g/mol. The number of benzene rings is 2. The second-order valence-electron chi connectivity index (χ2n) is 7.60. The van der Waals surface area contributed by atoms with Gasteiger partial charge in [0, 0.05) is 11.6 Å². The van der Waals surface area contributed by atoms with E-state index in [1.807, 2.05) is 25.1 Å². The highest BCUT2D eigenvalue weighted by Crippen LogP contribution is 2.34. The van der Waals surface area contributed by atoms with Crippen LogP contribution in [0.5, 0.6) is 17.2 Å². The molecule has 0 N–H and O–H groups in total. The van der Waals surface area contributed by atoms with E-state index >= 15 is 0 Å². The first kappa shape index (κ1) is 19.5. The molecule has 0 aliphatic rings. The summed E-state index contributed by atoms with van der Waals surface area (Å²) in [4.78, 5) is 23.3. The second kappa shape index (κ2) is 7.38. The lowest BCUT2D eigenvalue weighted by atomic mass is 9.86. The number of aryl methyl sites for hydroxylation is 1. The van der Waals surface area contributed by atoms with Gasteiger partial charge in [-0.15, -0.1) is 0 Å². The summed E-state index contributed by atoms with van der Waals surface area (Å²) < 4.78 is 16.5. The summed E-state index contributed by atoms with van der Waals surface area (Å²) in [5.41, 5.74) is 1.78. The van der Waals surface area contributed by atoms with Gasteiger partial charge in [-0.2, -0.15) is 0 Å². The molecule has 0 aliphatic heterocycles. The van der Waals surface area contributed by atoms with Crippen LogP contribution in [0.3, 0.4) is 0 Å². The van der Waals surface area contributed by atoms with Crippen molar-refractivity contribution in [3.05, 3.63) is 64.0 Å². The molecular formula is C22H21O6-. The molecule has 0 saturated heterocycles. The predicted octanol–water partition coefficient (Wildman–Crippen LogP) is 3.32. The SMILES string of the molecule is Cc1ccc(C(C)(C)C)c(Oc2coc3cc(OCC(=O)[O-])ccc3c2=O)c1. The number of fused-ring (bicyclic) bond motifs is 1. The molecule has 0 bridgehead atoms. The molecule has 0 amide bonds. The highest BCUT2D eigenvalue weighted by Gasteiger charge is 2.20. The zero-order chi connectivity index (χ0) is 20.5. The van der Waals surface area contributed by atoms with Crippen molar-refractivity contribution >= 4 is 16.9 Å². The molecule has 146 valence electrons. The Hall–Kier alpha value is -3.28. The number of carbonyl (C=O) groups is 1. The van der Waals surface area contributed by atoms with Crippen LogP contribution in [0.15, 0.2) is 51.9 Å². The van der Waals surface area contributed by atoms with E-state index < -0.39 is 12.6 Å². The van der Waals surface area contributed by atoms with Crippen LogP contribution in [0, 0.1) is 6.92 Å². The van der Waals surface area contributed by atoms with Crippen LogP contribution in [0.4, 0.5) is 0 Å². The Labute approximate surface area is 162 Å². The molecule has 0 spiro atoms. The van der Waals surface area contributed by atoms with Crippen molar-refractivity contribution < 1.29 is 23.8 Å². The fraction of sp³-hybridized carbons (Fsp3) is 0.273. The van der Waals surface area contributed by atoms with Crippen LogP contribution in [-0.4, -0.2) is 12.6 Å². The summed E-state index contributed by atoms with van der Waals surface area (Å²) in [6, 6.07) is 10.4. The number of aliphatic carboxylic acids is 1. The maximum atomic E-state index is 12.8. The number of carboxylic acids is 1. The molecule has 1 heterocycles. The smallest absolute Gasteiger partial charge is 0.235 e. The van der Waals surface area contributed by atoms with Gasteiger partial charge in [0.2, 0.25) is 11.2 Å². The number of hydrogen-bond donors (Lipinski definition) is 0. The first-order valence-corrected chi connectivity index (χ1v) is 8.82. The van der Waals surface area contributed by atoms with Gasteiger partial charge in [-0.05, 0) is 36.1 Å². The van der Waals surface area contributed by atoms with Gasteiger partial charge in [-0.3, -0.25) is 4.79 Å². The van der Waals surface area contributed by atoms with E-state index in [1.165, 1.54) is 24.5 Å². The summed E-state index contributed by atoms with van der Waals surface area (Å²) >= 11 is 0. The van der Waals surface area contributed by atoms with E-state index in [9.17, 15) is 14.7 Å². The molecule has 28 heavy (non-hydrogen) atoms. The lowest BCUT2D eigenvalue weighted by Gasteiger charge is -2.23. The predicted molar refractivity (Wildman–Crippen MR) is 103 cm³/mol. The number of carbonyl (C=O) groups excluding carboxylic acids is 1. The van der Waals surface area contributed by atoms with Crippen LogP contribution >= 0.6 is 0 Å². The Morgan fingerprint density at radius 2 is 1.86 bits per heavy atom. The summed E-state index contributed by atoms with van der Waals surface area (Å²) in [5, 5.41) is 10.8. The first-order valence-electron chi connectivity index (χ1n) is 8.82. The molecule has 6 nitrogen and oxygen atoms in total. The van der Waals surface area contributed by atoms with Crippen LogP contribution in [-0.2, 0) is 10.2 Å². The standard InChI is InChI=1S/C22H22O6/c1-13-5-8-16(22(2,3)4)18(9-13)28-19-11-27-17-10-14(26-12-20(23)24)6-7-15(17)21(19)25/h5-11H,12H2,1-4H3,(H,23,24)/p-1. The van der Waals surface area contributed by atoms with Crippen molar-refractivity contribution in [3.63, 3.8) is 0 Å². The third kappa shape index (κ3) is 4.17. The van der Waals surface area contributed by atoms with Crippen molar-refractivity contribution in [2.24, 2.45) is 0 Å². The molecule has 0 radical (unpaired) electrons. The van der Waals surface area contributed by atoms with Crippen LogP contribution in [0.25, 0.3) is 11.0 Å². The summed E-state index contributed by atoms with van der Waals surface area (Å²) in [6.07, 6.45) is 1.25. The highest BCUT2D eigenvalue weighted by atomic mass is 16.5. The molecule has 0 atom stereocenters. The number of carboxylic acid groups (broad SMARTS) is 1. The first-order chi connectivity index (χ1) is 13.1. The normalized spacial score (nSPS) is 11.4. The average molecular weight is 381 g/mol. The second-order valence-corrected chi connectivity index (χ2v) is 7.60. The summed E-state index contributed by atoms with van der Waals surface area (Å²) in [7, 11) is 0. The lowest BCUT2D eigenvalue weighted by Crippen LogP contribution is -2.28. The van der Waals surface area contributed by atoms with Gasteiger partial charge >= 0.3 is 0 Å². The Morgan fingerprint density at radius 3 is 2.54 bits per heavy atom. The van der Waals surface area contributed by atoms with Gasteiger partial charge < -0.3 is 23.8 Å². The molecular weight excluding hydrogens is 360 g/mol. The number of ether oxygens (including phenoxy) is 2. The molecule has 3 aromatic rings. The summed E-state index contributed by atoms with van der Waals surface area (Å²) in [5.74, 6) is -0.389. The molecule has 2 aromatic carbocycles. The van der Waals surface area contributed by atoms with E-state index in [2.05, 4.69) is 20.8 Å². The van der Waals surface area contributed by atoms with Gasteiger partial charge in [0.05, 0.1) is 11.4 Å². The highest BCUT2D eigenvalue weighted by molar-refractivity contribution is 5.79. The zero-order valence-electron chi connectivity index (χ0n) is 16.2. The van der Waals surface area contributed by atoms with E-state index in [0.29, 0.717) is 11.1 Å². The Kier molecular flexibility index (Phi) is 5.14. The van der Waals surface area contributed by atoms with E-state index in [-0.39, 0.29) is 27.9 Å². The topological polar surface area (TPSA) is 88.8 Å². The van der Waals surface area contributed by atoms with Crippen LogP contribution in [0.2, 0.25) is 0 Å². The van der Waals surface area contributed by atoms with Crippen molar-refractivity contribution in [1.82, 2.24) is 0 Å². The Morgan fingerprint density at radius 1 is 1.11 bits per heavy atom. The van der Waals surface area contributed by atoms with Gasteiger partial charge in [-0.25, -0.2) is 0 Å². The molecule has 6 heteroatoms. The van der Waals surface area contributed by atoms with Crippen molar-refractivity contribution in [1.29, 1.82) is 0 Å².